The molecular formula is C14H11N3O3. The van der Waals surface area contributed by atoms with Crippen molar-refractivity contribution < 1.29 is 9.90 Å². The van der Waals surface area contributed by atoms with E-state index >= 15 is 0 Å². The van der Waals surface area contributed by atoms with Crippen LogP contribution in [0, 0.1) is 0 Å². The number of nitrogens with one attached hydrogen (secondary N) is 1. The van der Waals surface area contributed by atoms with Crippen molar-refractivity contribution in [1.29, 1.82) is 0 Å². The van der Waals surface area contributed by atoms with Gasteiger partial charge in [-0.15, -0.1) is 0 Å². The minimum atomic E-state index is -1.03. The highest BCUT2D eigenvalue weighted by atomic mass is 16.4. The molecule has 0 atom stereocenters. The smallest absolute Gasteiger partial charge is 0.328 e. The number of aromatic nitrogens is 3. The Morgan fingerprint density at radius 2 is 2.20 bits per heavy atom. The largest absolute Gasteiger partial charge is 0.478 e. The van der Waals surface area contributed by atoms with E-state index in [1.807, 2.05) is 0 Å². The predicted molar refractivity (Wildman–Crippen MR) is 75.5 cm³/mol. The van der Waals surface area contributed by atoms with E-state index in [-0.39, 0.29) is 5.43 Å². The number of aryl methyl sites for hydroxylation is 1. The van der Waals surface area contributed by atoms with Gasteiger partial charge in [-0.2, -0.15) is 5.10 Å². The number of rotatable bonds is 2. The zero-order valence-electron chi connectivity index (χ0n) is 10.6. The van der Waals surface area contributed by atoms with Crippen LogP contribution in [-0.4, -0.2) is 25.8 Å². The Balaban J connectivity index is 2.30. The quantitative estimate of drug-likeness (QED) is 0.690. The van der Waals surface area contributed by atoms with Crippen LogP contribution < -0.4 is 5.43 Å². The van der Waals surface area contributed by atoms with Gasteiger partial charge in [0.05, 0.1) is 11.7 Å². The van der Waals surface area contributed by atoms with Crippen LogP contribution in [0.15, 0.2) is 35.3 Å². The summed E-state index contributed by atoms with van der Waals surface area (Å²) in [5.74, 6) is -1.03. The minimum Gasteiger partial charge on any atom is -0.478 e. The monoisotopic (exact) mass is 269 g/mol. The van der Waals surface area contributed by atoms with Crippen LogP contribution in [0.3, 0.4) is 0 Å². The number of fused-ring (bicyclic) bond motifs is 2. The van der Waals surface area contributed by atoms with E-state index in [9.17, 15) is 9.59 Å². The van der Waals surface area contributed by atoms with Gasteiger partial charge in [-0.25, -0.2) is 4.79 Å². The Kier molecular flexibility index (Phi) is 2.64. The number of aliphatic carboxylic acids is 1. The second kappa shape index (κ2) is 4.34. The van der Waals surface area contributed by atoms with E-state index in [0.717, 1.165) is 6.08 Å². The van der Waals surface area contributed by atoms with Crippen molar-refractivity contribution in [2.24, 2.45) is 7.05 Å². The highest BCUT2D eigenvalue weighted by Gasteiger charge is 2.09. The van der Waals surface area contributed by atoms with Gasteiger partial charge >= 0.3 is 5.97 Å². The summed E-state index contributed by atoms with van der Waals surface area (Å²) >= 11 is 0. The summed E-state index contributed by atoms with van der Waals surface area (Å²) in [6.45, 7) is 0. The Morgan fingerprint density at radius 1 is 1.40 bits per heavy atom. The molecule has 20 heavy (non-hydrogen) atoms. The molecule has 6 heteroatoms. The Morgan fingerprint density at radius 3 is 2.95 bits per heavy atom. The van der Waals surface area contributed by atoms with Crippen molar-refractivity contribution in [2.45, 2.75) is 0 Å². The van der Waals surface area contributed by atoms with E-state index in [4.69, 9.17) is 5.11 Å². The molecule has 0 saturated carbocycles. The molecule has 6 nitrogen and oxygen atoms in total. The molecule has 2 heterocycles. The van der Waals surface area contributed by atoms with Crippen molar-refractivity contribution in [3.63, 3.8) is 0 Å². The maximum absolute atomic E-state index is 12.4. The first-order chi connectivity index (χ1) is 9.56. The van der Waals surface area contributed by atoms with Crippen LogP contribution in [0.2, 0.25) is 0 Å². The number of pyridine rings is 1. The SMILES string of the molecule is Cn1ncc2[nH]c3ccc(C=CC(=O)O)cc3c(=O)c21. The van der Waals surface area contributed by atoms with Crippen LogP contribution in [-0.2, 0) is 11.8 Å². The van der Waals surface area contributed by atoms with Gasteiger partial charge in [0.25, 0.3) is 0 Å². The summed E-state index contributed by atoms with van der Waals surface area (Å²) in [5.41, 5.74) is 2.41. The molecule has 0 aliphatic heterocycles. The fourth-order valence-electron chi connectivity index (χ4n) is 2.20. The van der Waals surface area contributed by atoms with E-state index in [0.29, 0.717) is 27.5 Å². The van der Waals surface area contributed by atoms with Gasteiger partial charge in [-0.05, 0) is 23.8 Å². The molecule has 2 N–H and O–H groups in total. The molecule has 0 fully saturated rings. The molecule has 0 saturated heterocycles. The van der Waals surface area contributed by atoms with Gasteiger partial charge in [-0.1, -0.05) is 6.07 Å². The lowest BCUT2D eigenvalue weighted by molar-refractivity contribution is -0.131. The molecule has 100 valence electrons. The lowest BCUT2D eigenvalue weighted by atomic mass is 10.1. The van der Waals surface area contributed by atoms with E-state index in [1.54, 1.807) is 31.4 Å². The highest BCUT2D eigenvalue weighted by Crippen LogP contribution is 2.16. The van der Waals surface area contributed by atoms with Gasteiger partial charge in [0, 0.05) is 24.0 Å². The number of hydrogen-bond acceptors (Lipinski definition) is 3. The van der Waals surface area contributed by atoms with Crippen molar-refractivity contribution in [2.75, 3.05) is 0 Å². The lowest BCUT2D eigenvalue weighted by Gasteiger charge is -2.01. The Labute approximate surface area is 113 Å². The molecule has 0 aliphatic rings. The van der Waals surface area contributed by atoms with Crippen molar-refractivity contribution in [3.8, 4) is 0 Å². The van der Waals surface area contributed by atoms with Crippen LogP contribution in [0.1, 0.15) is 5.56 Å². The number of benzene rings is 1. The van der Waals surface area contributed by atoms with Gasteiger partial charge in [0.15, 0.2) is 0 Å². The van der Waals surface area contributed by atoms with Gasteiger partial charge in [0.2, 0.25) is 5.43 Å². The Hall–Kier alpha value is -2.89. The zero-order chi connectivity index (χ0) is 14.3. The van der Waals surface area contributed by atoms with Gasteiger partial charge in [-0.3, -0.25) is 9.48 Å². The molecule has 0 amide bonds. The average molecular weight is 269 g/mol. The molecule has 0 spiro atoms. The molecular weight excluding hydrogens is 258 g/mol. The second-order valence-corrected chi connectivity index (χ2v) is 4.46. The Bertz CT molecular complexity index is 918. The molecule has 0 radical (unpaired) electrons. The van der Waals surface area contributed by atoms with E-state index in [1.165, 1.54) is 10.8 Å². The zero-order valence-corrected chi connectivity index (χ0v) is 10.6. The third kappa shape index (κ3) is 1.87. The molecule has 0 bridgehead atoms. The fourth-order valence-corrected chi connectivity index (χ4v) is 2.20. The number of carbonyl (C=O) groups is 1. The van der Waals surface area contributed by atoms with Crippen LogP contribution >= 0.6 is 0 Å². The standard InChI is InChI=1S/C14H11N3O3/c1-17-13-11(7-15-17)16-10-4-2-8(3-5-12(18)19)6-9(10)14(13)20/h2-7H,1H3,(H,16,20)(H,18,19). The van der Waals surface area contributed by atoms with Crippen molar-refractivity contribution in [3.05, 3.63) is 46.3 Å². The number of carboxylic acid groups (broad SMARTS) is 1. The van der Waals surface area contributed by atoms with Crippen LogP contribution in [0.4, 0.5) is 0 Å². The summed E-state index contributed by atoms with van der Waals surface area (Å²) in [7, 11) is 1.71. The minimum absolute atomic E-state index is 0.126. The van der Waals surface area contributed by atoms with Crippen molar-refractivity contribution >= 4 is 34.0 Å². The van der Waals surface area contributed by atoms with Gasteiger partial charge in [0.1, 0.15) is 5.52 Å². The van der Waals surface area contributed by atoms with E-state index in [2.05, 4.69) is 10.1 Å². The van der Waals surface area contributed by atoms with Crippen LogP contribution in [0.25, 0.3) is 28.0 Å². The first kappa shape index (κ1) is 12.2. The maximum atomic E-state index is 12.4. The predicted octanol–water partition coefficient (Wildman–Crippen LogP) is 1.51. The van der Waals surface area contributed by atoms with Gasteiger partial charge < -0.3 is 10.1 Å². The number of carboxylic acids is 1. The third-order valence-electron chi connectivity index (χ3n) is 3.13. The molecule has 0 unspecified atom stereocenters. The molecule has 3 rings (SSSR count). The second-order valence-electron chi connectivity index (χ2n) is 4.46. The summed E-state index contributed by atoms with van der Waals surface area (Å²) in [4.78, 5) is 26.1. The first-order valence-electron chi connectivity index (χ1n) is 5.95. The van der Waals surface area contributed by atoms with Crippen molar-refractivity contribution in [1.82, 2.24) is 14.8 Å². The topological polar surface area (TPSA) is 88.0 Å². The molecule has 3 aromatic rings. The molecule has 2 aromatic heterocycles. The number of nitrogens with zero attached hydrogens (tertiary/aromatic N) is 2. The summed E-state index contributed by atoms with van der Waals surface area (Å²) < 4.78 is 1.52. The summed E-state index contributed by atoms with van der Waals surface area (Å²) in [6, 6.07) is 5.17. The first-order valence-corrected chi connectivity index (χ1v) is 5.95. The molecule has 0 aliphatic carbocycles. The lowest BCUT2D eigenvalue weighted by Crippen LogP contribution is -2.08. The maximum Gasteiger partial charge on any atom is 0.328 e. The highest BCUT2D eigenvalue weighted by molar-refractivity contribution is 5.92. The fraction of sp³-hybridized carbons (Fsp3) is 0.0714. The summed E-state index contributed by atoms with van der Waals surface area (Å²) in [6.07, 6.45) is 4.10. The normalized spacial score (nSPS) is 11.7. The number of aromatic amines is 1. The number of hydrogen-bond donors (Lipinski definition) is 2. The van der Waals surface area contributed by atoms with Crippen LogP contribution in [0.5, 0.6) is 0 Å². The molecule has 1 aromatic carbocycles. The number of H-pyrrole nitrogens is 1. The third-order valence-corrected chi connectivity index (χ3v) is 3.13. The summed E-state index contributed by atoms with van der Waals surface area (Å²) in [5, 5.41) is 13.2. The average Bonchev–Trinajstić information content (AvgIpc) is 2.78. The van der Waals surface area contributed by atoms with E-state index < -0.39 is 5.97 Å².